The number of nitrogens with zero attached hydrogens (tertiary/aromatic N) is 1. The van der Waals surface area contributed by atoms with Gasteiger partial charge < -0.3 is 4.90 Å². The maximum Gasteiger partial charge on any atom is 0.0540 e. The zero-order valence-corrected chi connectivity index (χ0v) is 31.4. The molecule has 0 radical (unpaired) electrons. The Morgan fingerprint density at radius 2 is 0.764 bits per heavy atom. The Morgan fingerprint density at radius 1 is 0.309 bits per heavy atom. The summed E-state index contributed by atoms with van der Waals surface area (Å²) in [7, 11) is 0. The molecule has 1 nitrogen and oxygen atoms in total. The van der Waals surface area contributed by atoms with E-state index in [2.05, 4.69) is 205 Å². The lowest BCUT2D eigenvalue weighted by molar-refractivity contribution is 1.29. The maximum absolute atomic E-state index is 2.46. The van der Waals surface area contributed by atoms with E-state index in [-0.39, 0.29) is 0 Å². The summed E-state index contributed by atoms with van der Waals surface area (Å²) >= 11 is 3.73. The normalized spacial score (nSPS) is 11.6. The molecule has 0 atom stereocenters. The van der Waals surface area contributed by atoms with Crippen LogP contribution in [0, 0.1) is 0 Å². The number of para-hydroxylation sites is 1. The summed E-state index contributed by atoms with van der Waals surface area (Å²) in [6.45, 7) is 0. The van der Waals surface area contributed by atoms with Crippen LogP contribution in [0.1, 0.15) is 0 Å². The van der Waals surface area contributed by atoms with E-state index >= 15 is 0 Å². The Bertz CT molecular complexity index is 3230. The molecule has 0 bridgehead atoms. The third-order valence-corrected chi connectivity index (χ3v) is 13.1. The predicted molar refractivity (Wildman–Crippen MR) is 241 cm³/mol. The van der Waals surface area contributed by atoms with Gasteiger partial charge in [0.15, 0.2) is 0 Å². The zero-order chi connectivity index (χ0) is 36.3. The van der Waals surface area contributed by atoms with E-state index in [1.165, 1.54) is 84.5 Å². The summed E-state index contributed by atoms with van der Waals surface area (Å²) in [6.07, 6.45) is 0. The van der Waals surface area contributed by atoms with Gasteiger partial charge in [0, 0.05) is 57.3 Å². The lowest BCUT2D eigenvalue weighted by Gasteiger charge is -2.29. The molecule has 11 rings (SSSR count). The van der Waals surface area contributed by atoms with Gasteiger partial charge in [-0.3, -0.25) is 0 Å². The van der Waals surface area contributed by atoms with Crippen molar-refractivity contribution < 1.29 is 0 Å². The second-order valence-electron chi connectivity index (χ2n) is 14.0. The van der Waals surface area contributed by atoms with Crippen molar-refractivity contribution in [1.29, 1.82) is 0 Å². The topological polar surface area (TPSA) is 3.24 Å². The van der Waals surface area contributed by atoms with Gasteiger partial charge in [0.2, 0.25) is 0 Å². The number of benzene rings is 9. The Balaban J connectivity index is 1.16. The number of fused-ring (bicyclic) bond motifs is 7. The first-order chi connectivity index (χ1) is 27.3. The number of thiophene rings is 2. The molecule has 9 aromatic carbocycles. The summed E-state index contributed by atoms with van der Waals surface area (Å²) in [5.41, 5.74) is 10.7. The summed E-state index contributed by atoms with van der Waals surface area (Å²) < 4.78 is 5.24. The van der Waals surface area contributed by atoms with Crippen molar-refractivity contribution in [2.75, 3.05) is 4.90 Å². The molecule has 0 saturated carbocycles. The van der Waals surface area contributed by atoms with Crippen LogP contribution in [0.4, 0.5) is 17.1 Å². The van der Waals surface area contributed by atoms with Gasteiger partial charge in [-0.2, -0.15) is 0 Å². The molecule has 258 valence electrons. The SMILES string of the molecule is c1cc(-c2cccc3ccccc23)cc(N(c2cccc(-c3cccc4sc5ccccc5c34)c2)c2ccccc2-c2cccc3sc4ccccc4c23)c1. The van der Waals surface area contributed by atoms with Crippen LogP contribution in [0.2, 0.25) is 0 Å². The van der Waals surface area contributed by atoms with Crippen molar-refractivity contribution in [3.8, 4) is 33.4 Å². The van der Waals surface area contributed by atoms with Crippen LogP contribution in [0.3, 0.4) is 0 Å². The average molecular weight is 736 g/mol. The van der Waals surface area contributed by atoms with Gasteiger partial charge in [-0.1, -0.05) is 146 Å². The highest BCUT2D eigenvalue weighted by molar-refractivity contribution is 7.26. The minimum atomic E-state index is 1.11. The van der Waals surface area contributed by atoms with Gasteiger partial charge in [0.25, 0.3) is 0 Å². The van der Waals surface area contributed by atoms with E-state index in [4.69, 9.17) is 0 Å². The highest BCUT2D eigenvalue weighted by atomic mass is 32.1. The largest absolute Gasteiger partial charge is 0.310 e. The second-order valence-corrected chi connectivity index (χ2v) is 16.2. The van der Waals surface area contributed by atoms with E-state index in [0.29, 0.717) is 0 Å². The van der Waals surface area contributed by atoms with Gasteiger partial charge in [-0.05, 0) is 93.2 Å². The average Bonchev–Trinajstić information content (AvgIpc) is 3.83. The summed E-state index contributed by atoms with van der Waals surface area (Å²) in [4.78, 5) is 2.46. The molecule has 0 aliphatic heterocycles. The van der Waals surface area contributed by atoms with Crippen LogP contribution in [0.15, 0.2) is 200 Å². The van der Waals surface area contributed by atoms with Gasteiger partial charge >= 0.3 is 0 Å². The van der Waals surface area contributed by atoms with Crippen LogP contribution < -0.4 is 4.90 Å². The van der Waals surface area contributed by atoms with Gasteiger partial charge in [-0.15, -0.1) is 22.7 Å². The molecule has 0 saturated heterocycles. The minimum Gasteiger partial charge on any atom is -0.310 e. The molecule has 2 heterocycles. The number of hydrogen-bond donors (Lipinski definition) is 0. The number of anilines is 3. The monoisotopic (exact) mass is 735 g/mol. The molecule has 0 N–H and O–H groups in total. The van der Waals surface area contributed by atoms with Crippen molar-refractivity contribution in [2.24, 2.45) is 0 Å². The van der Waals surface area contributed by atoms with E-state index in [0.717, 1.165) is 17.1 Å². The number of hydrogen-bond acceptors (Lipinski definition) is 3. The third kappa shape index (κ3) is 5.35. The van der Waals surface area contributed by atoms with Crippen molar-refractivity contribution in [1.82, 2.24) is 0 Å². The Labute approximate surface area is 327 Å². The Kier molecular flexibility index (Phi) is 7.61. The predicted octanol–water partition coefficient (Wildman–Crippen LogP) is 16.0. The van der Waals surface area contributed by atoms with Crippen molar-refractivity contribution >= 4 is 90.9 Å². The van der Waals surface area contributed by atoms with Gasteiger partial charge in [-0.25, -0.2) is 0 Å². The summed E-state index contributed by atoms with van der Waals surface area (Å²) in [5, 5.41) is 7.74. The molecule has 55 heavy (non-hydrogen) atoms. The Hall–Kier alpha value is -6.52. The van der Waals surface area contributed by atoms with Crippen LogP contribution >= 0.6 is 22.7 Å². The van der Waals surface area contributed by atoms with Crippen LogP contribution in [-0.4, -0.2) is 0 Å². The smallest absolute Gasteiger partial charge is 0.0540 e. The van der Waals surface area contributed by atoms with E-state index in [1.807, 2.05) is 22.7 Å². The lowest BCUT2D eigenvalue weighted by atomic mass is 9.95. The molecule has 0 aliphatic carbocycles. The highest BCUT2D eigenvalue weighted by Gasteiger charge is 2.21. The standard InChI is InChI=1S/C52H33NS2/c1-2-20-39-34(14-1)15-11-24-40(39)35-16-9-18-37(32-35)53(38-19-10-17-36(33-38)41-25-12-30-49-51(41)44-22-4-7-28-47(44)54-49)46-27-6-3-21-42(46)43-26-13-31-50-52(43)45-23-5-8-29-48(45)55-50/h1-33H. The minimum absolute atomic E-state index is 1.11. The summed E-state index contributed by atoms with van der Waals surface area (Å²) in [6, 6.07) is 73.5. The van der Waals surface area contributed by atoms with Crippen LogP contribution in [0.5, 0.6) is 0 Å². The molecular weight excluding hydrogens is 703 g/mol. The Morgan fingerprint density at radius 3 is 1.47 bits per heavy atom. The van der Waals surface area contributed by atoms with Gasteiger partial charge in [0.05, 0.1) is 5.69 Å². The highest BCUT2D eigenvalue weighted by Crippen LogP contribution is 2.48. The molecule has 2 aromatic heterocycles. The fourth-order valence-electron chi connectivity index (χ4n) is 8.44. The number of rotatable bonds is 6. The fourth-order valence-corrected chi connectivity index (χ4v) is 10.7. The van der Waals surface area contributed by atoms with Crippen molar-refractivity contribution in [2.45, 2.75) is 0 Å². The molecule has 0 unspecified atom stereocenters. The fraction of sp³-hybridized carbons (Fsp3) is 0. The van der Waals surface area contributed by atoms with E-state index < -0.39 is 0 Å². The van der Waals surface area contributed by atoms with Crippen LogP contribution in [0.25, 0.3) is 84.5 Å². The summed E-state index contributed by atoms with van der Waals surface area (Å²) in [5.74, 6) is 0. The maximum atomic E-state index is 2.46. The first-order valence-corrected chi connectivity index (χ1v) is 20.3. The molecule has 0 spiro atoms. The third-order valence-electron chi connectivity index (χ3n) is 10.9. The second kappa shape index (κ2) is 13.1. The first kappa shape index (κ1) is 32.0. The molecule has 0 fully saturated rings. The zero-order valence-electron chi connectivity index (χ0n) is 29.8. The van der Waals surface area contributed by atoms with Crippen molar-refractivity contribution in [3.63, 3.8) is 0 Å². The lowest BCUT2D eigenvalue weighted by Crippen LogP contribution is -2.11. The molecule has 0 aliphatic rings. The molecule has 0 amide bonds. The molecule has 3 heteroatoms. The van der Waals surface area contributed by atoms with Crippen molar-refractivity contribution in [3.05, 3.63) is 200 Å². The quantitative estimate of drug-likeness (QED) is 0.164. The van der Waals surface area contributed by atoms with Gasteiger partial charge in [0.1, 0.15) is 0 Å². The first-order valence-electron chi connectivity index (χ1n) is 18.7. The van der Waals surface area contributed by atoms with E-state index in [9.17, 15) is 0 Å². The van der Waals surface area contributed by atoms with Crippen LogP contribution in [-0.2, 0) is 0 Å². The van der Waals surface area contributed by atoms with E-state index in [1.54, 1.807) is 0 Å². The molecule has 11 aromatic rings. The molecular formula is C52H33NS2.